The first-order valence-electron chi connectivity index (χ1n) is 13.6. The van der Waals surface area contributed by atoms with E-state index >= 15 is 0 Å². The predicted molar refractivity (Wildman–Crippen MR) is 149 cm³/mol. The summed E-state index contributed by atoms with van der Waals surface area (Å²) >= 11 is 0. The Bertz CT molecular complexity index is 1720. The predicted octanol–water partition coefficient (Wildman–Crippen LogP) is 6.38. The molecule has 0 aliphatic carbocycles. The average Bonchev–Trinajstić information content (AvgIpc) is 3.60. The molecule has 4 heterocycles. The van der Waals surface area contributed by atoms with Crippen molar-refractivity contribution in [3.05, 3.63) is 77.7 Å². The van der Waals surface area contributed by atoms with E-state index in [1.807, 2.05) is 13.0 Å². The Kier molecular flexibility index (Phi) is 7.56. The van der Waals surface area contributed by atoms with Gasteiger partial charge in [0.1, 0.15) is 23.7 Å². The molecule has 1 aliphatic rings. The lowest BCUT2D eigenvalue weighted by Gasteiger charge is -2.22. The molecule has 1 atom stereocenters. The van der Waals surface area contributed by atoms with Crippen molar-refractivity contribution in [3.63, 3.8) is 0 Å². The molecule has 1 aliphatic heterocycles. The molecule has 2 N–H and O–H groups in total. The molecule has 1 amide bonds. The largest absolute Gasteiger partial charge is 0.489 e. The fraction of sp³-hybridized carbons (Fsp3) is 0.300. The molecule has 3 aromatic heterocycles. The number of carbonyl (C=O) groups excluding carboxylic acids is 1. The Morgan fingerprint density at radius 3 is 2.64 bits per heavy atom. The summed E-state index contributed by atoms with van der Waals surface area (Å²) in [6.07, 6.45) is 0.116. The van der Waals surface area contributed by atoms with E-state index in [9.17, 15) is 18.0 Å². The Labute approximate surface area is 238 Å². The van der Waals surface area contributed by atoms with Gasteiger partial charge in [0.25, 0.3) is 5.91 Å². The SMILES string of the molecule is Cc1c(OCCOC2CCCCO2)ccc2nc(C(=O)Nc3nc4ccc(-c5ccc(C(F)(F)F)cc5)cc4[nH]3)cn12. The maximum Gasteiger partial charge on any atom is 0.416 e. The first-order chi connectivity index (χ1) is 20.2. The number of aromatic amines is 1. The van der Waals surface area contributed by atoms with E-state index in [4.69, 9.17) is 14.2 Å². The first-order valence-corrected chi connectivity index (χ1v) is 13.6. The fourth-order valence-electron chi connectivity index (χ4n) is 4.88. The van der Waals surface area contributed by atoms with Gasteiger partial charge in [0.15, 0.2) is 6.29 Å². The number of imidazole rings is 2. The molecule has 0 radical (unpaired) electrons. The van der Waals surface area contributed by atoms with Crippen LogP contribution in [0.25, 0.3) is 27.8 Å². The zero-order valence-corrected chi connectivity index (χ0v) is 22.7. The highest BCUT2D eigenvalue weighted by atomic mass is 19.4. The smallest absolute Gasteiger partial charge is 0.416 e. The number of aromatic nitrogens is 4. The number of H-pyrrole nitrogens is 1. The number of amides is 1. The Morgan fingerprint density at radius 1 is 1.07 bits per heavy atom. The minimum atomic E-state index is -4.39. The van der Waals surface area contributed by atoms with Gasteiger partial charge in [-0.1, -0.05) is 18.2 Å². The number of halogens is 3. The first kappa shape index (κ1) is 27.7. The summed E-state index contributed by atoms with van der Waals surface area (Å²) in [5.41, 5.74) is 3.40. The third-order valence-corrected chi connectivity index (χ3v) is 7.11. The van der Waals surface area contributed by atoms with Crippen LogP contribution in [0.4, 0.5) is 19.1 Å². The van der Waals surface area contributed by atoms with Crippen LogP contribution in [0.5, 0.6) is 5.75 Å². The average molecular weight is 580 g/mol. The number of fused-ring (bicyclic) bond motifs is 2. The number of carbonyl (C=O) groups is 1. The van der Waals surface area contributed by atoms with Crippen LogP contribution < -0.4 is 10.1 Å². The molecule has 0 spiro atoms. The molecule has 12 heteroatoms. The number of nitrogens with one attached hydrogen (secondary N) is 2. The van der Waals surface area contributed by atoms with Crippen molar-refractivity contribution in [2.75, 3.05) is 25.1 Å². The maximum atomic E-state index is 13.0. The molecule has 2 aromatic carbocycles. The Hall–Kier alpha value is -4.42. The van der Waals surface area contributed by atoms with E-state index in [0.717, 1.165) is 43.7 Å². The van der Waals surface area contributed by atoms with Gasteiger partial charge in [0, 0.05) is 12.8 Å². The van der Waals surface area contributed by atoms with Gasteiger partial charge in [-0.05, 0) is 73.7 Å². The topological polar surface area (TPSA) is 103 Å². The van der Waals surface area contributed by atoms with Gasteiger partial charge < -0.3 is 19.2 Å². The van der Waals surface area contributed by atoms with Gasteiger partial charge in [-0.25, -0.2) is 9.97 Å². The molecule has 6 rings (SSSR count). The van der Waals surface area contributed by atoms with Crippen LogP contribution in [0.3, 0.4) is 0 Å². The molecule has 1 unspecified atom stereocenters. The number of pyridine rings is 1. The maximum absolute atomic E-state index is 13.0. The molecule has 9 nitrogen and oxygen atoms in total. The Balaban J connectivity index is 1.12. The quantitative estimate of drug-likeness (QED) is 0.207. The zero-order chi connectivity index (χ0) is 29.3. The summed E-state index contributed by atoms with van der Waals surface area (Å²) in [5, 5.41) is 2.73. The zero-order valence-electron chi connectivity index (χ0n) is 22.7. The van der Waals surface area contributed by atoms with Gasteiger partial charge in [0.05, 0.1) is 28.9 Å². The van der Waals surface area contributed by atoms with Crippen LogP contribution in [0.1, 0.15) is 41.0 Å². The second-order valence-corrected chi connectivity index (χ2v) is 10.00. The number of hydrogen-bond acceptors (Lipinski definition) is 6. The molecular formula is C30H28F3N5O4. The van der Waals surface area contributed by atoms with E-state index in [0.29, 0.717) is 46.8 Å². The standard InChI is InChI=1S/C30H28F3N5O4/c1-18-25(40-14-15-42-27-4-2-3-13-41-27)11-12-26-34-24(17-38(18)26)28(39)37-29-35-22-10-7-20(16-23(22)36-29)19-5-8-21(9-6-19)30(31,32)33/h5-12,16-17,27H,2-4,13-15H2,1H3,(H2,35,36,37,39). The van der Waals surface area contributed by atoms with Crippen LogP contribution in [-0.2, 0) is 15.7 Å². The summed E-state index contributed by atoms with van der Waals surface area (Å²) in [4.78, 5) is 24.9. The van der Waals surface area contributed by atoms with Gasteiger partial charge in [-0.15, -0.1) is 0 Å². The molecule has 5 aromatic rings. The second-order valence-electron chi connectivity index (χ2n) is 10.00. The summed E-state index contributed by atoms with van der Waals surface area (Å²) in [6, 6.07) is 13.8. The third-order valence-electron chi connectivity index (χ3n) is 7.11. The number of alkyl halides is 3. The van der Waals surface area contributed by atoms with Crippen LogP contribution in [0.15, 0.2) is 60.8 Å². The number of ether oxygens (including phenoxy) is 3. The van der Waals surface area contributed by atoms with Crippen LogP contribution >= 0.6 is 0 Å². The monoisotopic (exact) mass is 579 g/mol. The van der Waals surface area contributed by atoms with Crippen LogP contribution in [-0.4, -0.2) is 51.4 Å². The van der Waals surface area contributed by atoms with Crippen molar-refractivity contribution in [2.45, 2.75) is 38.7 Å². The number of benzene rings is 2. The van der Waals surface area contributed by atoms with Crippen molar-refractivity contribution in [2.24, 2.45) is 0 Å². The van der Waals surface area contributed by atoms with E-state index in [1.54, 1.807) is 34.9 Å². The number of anilines is 1. The second kappa shape index (κ2) is 11.5. The fourth-order valence-corrected chi connectivity index (χ4v) is 4.88. The minimum absolute atomic E-state index is 0.173. The van der Waals surface area contributed by atoms with E-state index in [1.165, 1.54) is 12.1 Å². The summed E-state index contributed by atoms with van der Waals surface area (Å²) < 4.78 is 57.7. The molecule has 0 bridgehead atoms. The molecular weight excluding hydrogens is 551 g/mol. The lowest BCUT2D eigenvalue weighted by atomic mass is 10.0. The molecule has 1 saturated heterocycles. The normalized spacial score (nSPS) is 15.8. The van der Waals surface area contributed by atoms with Gasteiger partial charge in [-0.3, -0.25) is 14.5 Å². The van der Waals surface area contributed by atoms with Crippen molar-refractivity contribution in [1.29, 1.82) is 0 Å². The van der Waals surface area contributed by atoms with Gasteiger partial charge >= 0.3 is 6.18 Å². The lowest BCUT2D eigenvalue weighted by molar-refractivity contribution is -0.165. The van der Waals surface area contributed by atoms with Crippen molar-refractivity contribution >= 4 is 28.5 Å². The third kappa shape index (κ3) is 5.95. The molecule has 42 heavy (non-hydrogen) atoms. The minimum Gasteiger partial charge on any atom is -0.489 e. The highest BCUT2D eigenvalue weighted by Crippen LogP contribution is 2.32. The summed E-state index contributed by atoms with van der Waals surface area (Å²) in [5.74, 6) is 0.420. The summed E-state index contributed by atoms with van der Waals surface area (Å²) in [7, 11) is 0. The van der Waals surface area contributed by atoms with Crippen LogP contribution in [0.2, 0.25) is 0 Å². The lowest BCUT2D eigenvalue weighted by Crippen LogP contribution is -2.24. The number of rotatable bonds is 8. The van der Waals surface area contributed by atoms with Crippen LogP contribution in [0, 0.1) is 6.92 Å². The van der Waals surface area contributed by atoms with Crippen molar-refractivity contribution < 1.29 is 32.2 Å². The van der Waals surface area contributed by atoms with E-state index < -0.39 is 17.6 Å². The Morgan fingerprint density at radius 2 is 1.88 bits per heavy atom. The number of aryl methyl sites for hydroxylation is 1. The number of hydrogen-bond donors (Lipinski definition) is 2. The molecule has 0 saturated carbocycles. The van der Waals surface area contributed by atoms with Crippen molar-refractivity contribution in [1.82, 2.24) is 19.4 Å². The van der Waals surface area contributed by atoms with Gasteiger partial charge in [-0.2, -0.15) is 13.2 Å². The number of nitrogens with zero attached hydrogens (tertiary/aromatic N) is 3. The highest BCUT2D eigenvalue weighted by molar-refractivity contribution is 6.03. The van der Waals surface area contributed by atoms with Crippen molar-refractivity contribution in [3.8, 4) is 16.9 Å². The highest BCUT2D eigenvalue weighted by Gasteiger charge is 2.30. The van der Waals surface area contributed by atoms with E-state index in [2.05, 4.69) is 20.3 Å². The van der Waals surface area contributed by atoms with Gasteiger partial charge in [0.2, 0.25) is 5.95 Å². The molecule has 218 valence electrons. The van der Waals surface area contributed by atoms with E-state index in [-0.39, 0.29) is 17.9 Å². The molecule has 1 fully saturated rings. The summed E-state index contributed by atoms with van der Waals surface area (Å²) in [6.45, 7) is 3.37.